The molecule has 4 rings (SSSR count). The lowest BCUT2D eigenvalue weighted by Crippen LogP contribution is -2.13. The number of hydrogen-bond donors (Lipinski definition) is 1. The Morgan fingerprint density at radius 2 is 1.73 bits per heavy atom. The molecule has 0 saturated carbocycles. The summed E-state index contributed by atoms with van der Waals surface area (Å²) >= 11 is 12.0. The number of nitriles is 1. The Morgan fingerprint density at radius 1 is 0.933 bits per heavy atom. The zero-order valence-electron chi connectivity index (χ0n) is 15.5. The second-order valence-electron chi connectivity index (χ2n) is 6.52. The predicted molar refractivity (Wildman–Crippen MR) is 120 cm³/mol. The van der Waals surface area contributed by atoms with Crippen LogP contribution in [-0.4, -0.2) is 5.91 Å². The minimum atomic E-state index is -0.514. The Balaban J connectivity index is 1.55. The van der Waals surface area contributed by atoms with Crippen molar-refractivity contribution in [1.29, 1.82) is 5.26 Å². The third kappa shape index (κ3) is 4.23. The van der Waals surface area contributed by atoms with Crippen LogP contribution in [0.2, 0.25) is 10.0 Å². The average molecular weight is 433 g/mol. The minimum Gasteiger partial charge on any atom is -0.457 e. The lowest BCUT2D eigenvalue weighted by molar-refractivity contribution is -0.112. The number of nitrogens with one attached hydrogen (secondary N) is 1. The molecule has 0 atom stereocenters. The molecule has 146 valence electrons. The summed E-state index contributed by atoms with van der Waals surface area (Å²) in [6.45, 7) is 0. The summed E-state index contributed by atoms with van der Waals surface area (Å²) in [5, 5.41) is 15.1. The number of halogens is 2. The number of benzene rings is 3. The minimum absolute atomic E-state index is 0.0711. The van der Waals surface area contributed by atoms with Crippen LogP contribution in [-0.2, 0) is 4.79 Å². The van der Waals surface area contributed by atoms with Crippen molar-refractivity contribution in [3.05, 3.63) is 94.2 Å². The van der Waals surface area contributed by atoms with E-state index in [0.717, 1.165) is 16.3 Å². The smallest absolute Gasteiger partial charge is 0.266 e. The van der Waals surface area contributed by atoms with Crippen LogP contribution < -0.4 is 5.32 Å². The standard InChI is InChI=1S/C24H14Cl2N2O2/c25-21-9-6-17(13-22(21)26)23-10-8-20(30-23)12-18(14-27)24(29)28-19-7-5-15-3-1-2-4-16(15)11-19/h1-13H,(H,28,29)/b18-12+. The Morgan fingerprint density at radius 3 is 2.50 bits per heavy atom. The third-order valence-corrected chi connectivity index (χ3v) is 5.23. The first kappa shape index (κ1) is 19.8. The zero-order chi connectivity index (χ0) is 21.1. The van der Waals surface area contributed by atoms with Gasteiger partial charge in [0.25, 0.3) is 5.91 Å². The molecule has 0 saturated heterocycles. The van der Waals surface area contributed by atoms with Gasteiger partial charge in [0.1, 0.15) is 23.2 Å². The maximum Gasteiger partial charge on any atom is 0.266 e. The van der Waals surface area contributed by atoms with Gasteiger partial charge in [-0.05, 0) is 53.2 Å². The molecule has 0 aliphatic rings. The molecule has 0 spiro atoms. The number of carbonyl (C=O) groups excluding carboxylic acids is 1. The van der Waals surface area contributed by atoms with Gasteiger partial charge < -0.3 is 9.73 Å². The summed E-state index contributed by atoms with van der Waals surface area (Å²) < 4.78 is 5.75. The maximum absolute atomic E-state index is 12.6. The first-order chi connectivity index (χ1) is 14.5. The van der Waals surface area contributed by atoms with Gasteiger partial charge in [-0.25, -0.2) is 0 Å². The normalized spacial score (nSPS) is 11.3. The first-order valence-corrected chi connectivity index (χ1v) is 9.76. The molecule has 0 bridgehead atoms. The van der Waals surface area contributed by atoms with E-state index in [-0.39, 0.29) is 5.57 Å². The molecule has 6 heteroatoms. The van der Waals surface area contributed by atoms with Crippen LogP contribution in [0.4, 0.5) is 5.69 Å². The van der Waals surface area contributed by atoms with E-state index in [2.05, 4.69) is 5.32 Å². The second kappa shape index (κ2) is 8.46. The van der Waals surface area contributed by atoms with E-state index >= 15 is 0 Å². The quantitative estimate of drug-likeness (QED) is 0.280. The fourth-order valence-corrected chi connectivity index (χ4v) is 3.29. The van der Waals surface area contributed by atoms with Gasteiger partial charge >= 0.3 is 0 Å². The van der Waals surface area contributed by atoms with E-state index in [0.29, 0.717) is 27.3 Å². The number of fused-ring (bicyclic) bond motifs is 1. The molecule has 0 fully saturated rings. The van der Waals surface area contributed by atoms with Crippen molar-refractivity contribution in [2.45, 2.75) is 0 Å². The number of anilines is 1. The summed E-state index contributed by atoms with van der Waals surface area (Å²) in [4.78, 5) is 12.6. The van der Waals surface area contributed by atoms with Crippen molar-refractivity contribution in [3.63, 3.8) is 0 Å². The number of furan rings is 1. The number of hydrogen-bond acceptors (Lipinski definition) is 3. The van der Waals surface area contributed by atoms with Gasteiger partial charge in [0, 0.05) is 17.3 Å². The molecule has 4 nitrogen and oxygen atoms in total. The first-order valence-electron chi connectivity index (χ1n) is 9.01. The summed E-state index contributed by atoms with van der Waals surface area (Å²) in [6, 6.07) is 23.9. The summed E-state index contributed by atoms with van der Waals surface area (Å²) in [5.41, 5.74) is 1.28. The second-order valence-corrected chi connectivity index (χ2v) is 7.33. The molecule has 1 heterocycles. The highest BCUT2D eigenvalue weighted by Crippen LogP contribution is 2.30. The third-order valence-electron chi connectivity index (χ3n) is 4.49. The van der Waals surface area contributed by atoms with E-state index < -0.39 is 5.91 Å². The van der Waals surface area contributed by atoms with Crippen LogP contribution in [0.15, 0.2) is 82.8 Å². The van der Waals surface area contributed by atoms with Crippen LogP contribution in [0.5, 0.6) is 0 Å². The fourth-order valence-electron chi connectivity index (χ4n) is 2.99. The molecule has 0 radical (unpaired) electrons. The zero-order valence-corrected chi connectivity index (χ0v) is 17.0. The van der Waals surface area contributed by atoms with E-state index in [4.69, 9.17) is 27.6 Å². The summed E-state index contributed by atoms with van der Waals surface area (Å²) in [7, 11) is 0. The van der Waals surface area contributed by atoms with Crippen molar-refractivity contribution in [3.8, 4) is 17.4 Å². The van der Waals surface area contributed by atoms with Crippen molar-refractivity contribution in [2.24, 2.45) is 0 Å². The number of nitrogens with zero attached hydrogens (tertiary/aromatic N) is 1. The number of rotatable bonds is 4. The molecule has 4 aromatic rings. The van der Waals surface area contributed by atoms with Gasteiger partial charge in [0.15, 0.2) is 0 Å². The van der Waals surface area contributed by atoms with Gasteiger partial charge in [-0.2, -0.15) is 5.26 Å². The van der Waals surface area contributed by atoms with E-state index in [1.54, 1.807) is 36.4 Å². The Kier molecular flexibility index (Phi) is 5.58. The maximum atomic E-state index is 12.6. The van der Waals surface area contributed by atoms with Crippen LogP contribution in [0, 0.1) is 11.3 Å². The largest absolute Gasteiger partial charge is 0.457 e. The topological polar surface area (TPSA) is 66.0 Å². The highest BCUT2D eigenvalue weighted by molar-refractivity contribution is 6.42. The molecule has 1 N–H and O–H groups in total. The molecule has 1 amide bonds. The Bertz CT molecular complexity index is 1330. The van der Waals surface area contributed by atoms with Crippen molar-refractivity contribution < 1.29 is 9.21 Å². The lowest BCUT2D eigenvalue weighted by Gasteiger charge is -2.06. The van der Waals surface area contributed by atoms with Crippen LogP contribution >= 0.6 is 23.2 Å². The molecule has 0 unspecified atom stereocenters. The monoisotopic (exact) mass is 432 g/mol. The fraction of sp³-hybridized carbons (Fsp3) is 0. The Labute approximate surface area is 183 Å². The van der Waals surface area contributed by atoms with Gasteiger partial charge in [-0.3, -0.25) is 4.79 Å². The molecule has 30 heavy (non-hydrogen) atoms. The van der Waals surface area contributed by atoms with Crippen molar-refractivity contribution in [1.82, 2.24) is 0 Å². The molecular weight excluding hydrogens is 419 g/mol. The molecular formula is C24H14Cl2N2O2. The highest BCUT2D eigenvalue weighted by atomic mass is 35.5. The molecule has 0 aliphatic carbocycles. The van der Waals surface area contributed by atoms with Crippen LogP contribution in [0.25, 0.3) is 28.2 Å². The van der Waals surface area contributed by atoms with Gasteiger partial charge in [-0.1, -0.05) is 53.5 Å². The number of carbonyl (C=O) groups is 1. The molecule has 1 aromatic heterocycles. The average Bonchev–Trinajstić information content (AvgIpc) is 3.22. The van der Waals surface area contributed by atoms with Crippen LogP contribution in [0.1, 0.15) is 5.76 Å². The number of amides is 1. The van der Waals surface area contributed by atoms with Gasteiger partial charge in [-0.15, -0.1) is 0 Å². The van der Waals surface area contributed by atoms with E-state index in [1.165, 1.54) is 6.08 Å². The van der Waals surface area contributed by atoms with Gasteiger partial charge in [0.2, 0.25) is 0 Å². The van der Waals surface area contributed by atoms with Gasteiger partial charge in [0.05, 0.1) is 10.0 Å². The summed E-state index contributed by atoms with van der Waals surface area (Å²) in [6.07, 6.45) is 1.40. The van der Waals surface area contributed by atoms with Crippen LogP contribution in [0.3, 0.4) is 0 Å². The lowest BCUT2D eigenvalue weighted by atomic mass is 10.1. The van der Waals surface area contributed by atoms with E-state index in [1.807, 2.05) is 42.5 Å². The molecule has 3 aromatic carbocycles. The highest BCUT2D eigenvalue weighted by Gasteiger charge is 2.12. The van der Waals surface area contributed by atoms with Crippen molar-refractivity contribution >= 4 is 51.6 Å². The predicted octanol–water partition coefficient (Wildman–Crippen LogP) is 6.95. The Hall–Kier alpha value is -3.52. The van der Waals surface area contributed by atoms with E-state index in [9.17, 15) is 10.1 Å². The summed E-state index contributed by atoms with van der Waals surface area (Å²) in [5.74, 6) is 0.411. The van der Waals surface area contributed by atoms with Crippen molar-refractivity contribution in [2.75, 3.05) is 5.32 Å². The SMILES string of the molecule is N#C/C(=C\c1ccc(-c2ccc(Cl)c(Cl)c2)o1)C(=O)Nc1ccc2ccccc2c1. The molecule has 0 aliphatic heterocycles.